The van der Waals surface area contributed by atoms with Gasteiger partial charge in [-0.3, -0.25) is 9.69 Å². The van der Waals surface area contributed by atoms with Crippen molar-refractivity contribution in [3.8, 4) is 0 Å². The zero-order chi connectivity index (χ0) is 11.5. The Balaban J connectivity index is 2.51. The highest BCUT2D eigenvalue weighted by Crippen LogP contribution is 2.16. The number of hydrogen-bond donors (Lipinski definition) is 0. The van der Waals surface area contributed by atoms with Crippen molar-refractivity contribution in [1.82, 2.24) is 4.90 Å². The van der Waals surface area contributed by atoms with Crippen molar-refractivity contribution in [3.63, 3.8) is 0 Å². The molecule has 1 aromatic heterocycles. The summed E-state index contributed by atoms with van der Waals surface area (Å²) in [6.07, 6.45) is 0.729. The second kappa shape index (κ2) is 4.62. The van der Waals surface area contributed by atoms with Crippen molar-refractivity contribution in [2.45, 2.75) is 27.3 Å². The highest BCUT2D eigenvalue weighted by atomic mass is 16.3. The Morgan fingerprint density at radius 1 is 1.40 bits per heavy atom. The van der Waals surface area contributed by atoms with Crippen LogP contribution in [0.5, 0.6) is 0 Å². The lowest BCUT2D eigenvalue weighted by molar-refractivity contribution is 0.109. The fourth-order valence-electron chi connectivity index (χ4n) is 1.67. The van der Waals surface area contributed by atoms with Crippen LogP contribution in [0.1, 0.15) is 37.1 Å². The Morgan fingerprint density at radius 3 is 2.53 bits per heavy atom. The molecule has 0 atom stereocenters. The van der Waals surface area contributed by atoms with Gasteiger partial charge in [0.15, 0.2) is 12.0 Å². The molecule has 0 spiro atoms. The van der Waals surface area contributed by atoms with Gasteiger partial charge in [0.25, 0.3) is 0 Å². The largest absolute Gasteiger partial charge is 0.457 e. The number of nitrogens with zero attached hydrogens (tertiary/aromatic N) is 1. The van der Waals surface area contributed by atoms with Crippen LogP contribution in [0.25, 0.3) is 0 Å². The van der Waals surface area contributed by atoms with Crippen LogP contribution in [0.15, 0.2) is 16.5 Å². The quantitative estimate of drug-likeness (QED) is 0.715. The van der Waals surface area contributed by atoms with E-state index in [2.05, 4.69) is 25.7 Å². The van der Waals surface area contributed by atoms with Crippen LogP contribution >= 0.6 is 0 Å². The number of carbonyl (C=O) groups is 1. The van der Waals surface area contributed by atoms with E-state index in [1.165, 1.54) is 0 Å². The molecule has 0 saturated carbocycles. The molecule has 3 heteroatoms. The van der Waals surface area contributed by atoms with Gasteiger partial charge in [0, 0.05) is 6.54 Å². The molecule has 0 fully saturated rings. The van der Waals surface area contributed by atoms with E-state index in [1.807, 2.05) is 13.1 Å². The first kappa shape index (κ1) is 12.0. The van der Waals surface area contributed by atoms with Crippen molar-refractivity contribution in [2.75, 3.05) is 13.6 Å². The minimum atomic E-state index is 0.273. The normalized spacial score (nSPS) is 12.1. The van der Waals surface area contributed by atoms with Gasteiger partial charge in [-0.15, -0.1) is 0 Å². The number of rotatable bonds is 4. The average molecular weight is 209 g/mol. The zero-order valence-electron chi connectivity index (χ0n) is 9.91. The Labute approximate surface area is 91.1 Å². The standard InChI is InChI=1S/C12H19NO2/c1-12(2,3)9-13(4)7-10-5-6-11(8-14)15-10/h5-6,8H,7,9H2,1-4H3. The van der Waals surface area contributed by atoms with Crippen molar-refractivity contribution in [1.29, 1.82) is 0 Å². The minimum Gasteiger partial charge on any atom is -0.457 e. The number of carbonyl (C=O) groups excluding carboxylic acids is 1. The smallest absolute Gasteiger partial charge is 0.185 e. The van der Waals surface area contributed by atoms with Gasteiger partial charge in [0.1, 0.15) is 5.76 Å². The molecule has 15 heavy (non-hydrogen) atoms. The third-order valence-corrected chi connectivity index (χ3v) is 1.97. The van der Waals surface area contributed by atoms with Crippen LogP contribution < -0.4 is 0 Å². The summed E-state index contributed by atoms with van der Waals surface area (Å²) in [5.74, 6) is 1.23. The molecule has 3 nitrogen and oxygen atoms in total. The van der Waals surface area contributed by atoms with Crippen LogP contribution in [0.2, 0.25) is 0 Å². The molecule has 0 bridgehead atoms. The molecular formula is C12H19NO2. The summed E-state index contributed by atoms with van der Waals surface area (Å²) in [7, 11) is 2.05. The highest BCUT2D eigenvalue weighted by molar-refractivity contribution is 5.70. The van der Waals surface area contributed by atoms with E-state index in [0.717, 1.165) is 25.1 Å². The molecule has 1 heterocycles. The fourth-order valence-corrected chi connectivity index (χ4v) is 1.67. The maximum atomic E-state index is 10.4. The molecule has 0 aromatic carbocycles. The van der Waals surface area contributed by atoms with Crippen molar-refractivity contribution in [3.05, 3.63) is 23.7 Å². The first-order valence-electron chi connectivity index (χ1n) is 5.13. The van der Waals surface area contributed by atoms with E-state index < -0.39 is 0 Å². The van der Waals surface area contributed by atoms with E-state index in [4.69, 9.17) is 4.42 Å². The predicted octanol–water partition coefficient (Wildman–Crippen LogP) is 2.57. The van der Waals surface area contributed by atoms with Gasteiger partial charge in [-0.1, -0.05) is 20.8 Å². The summed E-state index contributed by atoms with van der Waals surface area (Å²) in [6, 6.07) is 3.55. The summed E-state index contributed by atoms with van der Waals surface area (Å²) in [4.78, 5) is 12.6. The van der Waals surface area contributed by atoms with Crippen molar-refractivity contribution < 1.29 is 9.21 Å². The molecule has 0 aliphatic carbocycles. The molecule has 1 aromatic rings. The second-order valence-electron chi connectivity index (χ2n) is 5.15. The van der Waals surface area contributed by atoms with Gasteiger partial charge in [-0.25, -0.2) is 0 Å². The number of furan rings is 1. The Morgan fingerprint density at radius 2 is 2.07 bits per heavy atom. The van der Waals surface area contributed by atoms with Gasteiger partial charge >= 0.3 is 0 Å². The molecule has 0 amide bonds. The summed E-state index contributed by atoms with van der Waals surface area (Å²) in [6.45, 7) is 8.32. The Bertz CT molecular complexity index is 323. The summed E-state index contributed by atoms with van der Waals surface area (Å²) in [5.41, 5.74) is 0.273. The summed E-state index contributed by atoms with van der Waals surface area (Å²) < 4.78 is 5.31. The van der Waals surface area contributed by atoms with E-state index in [0.29, 0.717) is 5.76 Å². The monoisotopic (exact) mass is 209 g/mol. The highest BCUT2D eigenvalue weighted by Gasteiger charge is 2.14. The molecule has 0 N–H and O–H groups in total. The Hall–Kier alpha value is -1.09. The zero-order valence-corrected chi connectivity index (χ0v) is 9.91. The van der Waals surface area contributed by atoms with Crippen molar-refractivity contribution >= 4 is 6.29 Å². The maximum Gasteiger partial charge on any atom is 0.185 e. The van der Waals surface area contributed by atoms with Crippen LogP contribution in [-0.2, 0) is 6.54 Å². The molecule has 0 aliphatic rings. The van der Waals surface area contributed by atoms with Crippen LogP contribution in [0, 0.1) is 5.41 Å². The molecular weight excluding hydrogens is 190 g/mol. The van der Waals surface area contributed by atoms with Gasteiger partial charge in [-0.2, -0.15) is 0 Å². The maximum absolute atomic E-state index is 10.4. The number of hydrogen-bond acceptors (Lipinski definition) is 3. The van der Waals surface area contributed by atoms with Crippen LogP contribution in [-0.4, -0.2) is 24.8 Å². The lowest BCUT2D eigenvalue weighted by Gasteiger charge is -2.25. The number of aldehydes is 1. The van der Waals surface area contributed by atoms with Gasteiger partial charge in [0.2, 0.25) is 0 Å². The third kappa shape index (κ3) is 4.30. The van der Waals surface area contributed by atoms with Gasteiger partial charge in [0.05, 0.1) is 6.54 Å². The predicted molar refractivity (Wildman–Crippen MR) is 59.9 cm³/mol. The van der Waals surface area contributed by atoms with E-state index in [9.17, 15) is 4.79 Å². The van der Waals surface area contributed by atoms with E-state index >= 15 is 0 Å². The molecule has 84 valence electrons. The first-order valence-corrected chi connectivity index (χ1v) is 5.13. The first-order chi connectivity index (χ1) is 6.90. The van der Waals surface area contributed by atoms with Crippen molar-refractivity contribution in [2.24, 2.45) is 5.41 Å². The Kier molecular flexibility index (Phi) is 3.69. The van der Waals surface area contributed by atoms with E-state index in [-0.39, 0.29) is 5.41 Å². The molecule has 0 unspecified atom stereocenters. The summed E-state index contributed by atoms with van der Waals surface area (Å²) in [5, 5.41) is 0. The molecule has 0 radical (unpaired) electrons. The second-order valence-corrected chi connectivity index (χ2v) is 5.15. The fraction of sp³-hybridized carbons (Fsp3) is 0.583. The molecule has 1 rings (SSSR count). The lowest BCUT2D eigenvalue weighted by atomic mass is 9.96. The van der Waals surface area contributed by atoms with E-state index in [1.54, 1.807) is 6.07 Å². The average Bonchev–Trinajstić information content (AvgIpc) is 2.48. The lowest BCUT2D eigenvalue weighted by Crippen LogP contribution is -2.28. The van der Waals surface area contributed by atoms with Crippen LogP contribution in [0.4, 0.5) is 0 Å². The minimum absolute atomic E-state index is 0.273. The van der Waals surface area contributed by atoms with Gasteiger partial charge in [-0.05, 0) is 24.6 Å². The molecule has 0 saturated heterocycles. The topological polar surface area (TPSA) is 33.5 Å². The van der Waals surface area contributed by atoms with Crippen LogP contribution in [0.3, 0.4) is 0 Å². The molecule has 0 aliphatic heterocycles. The van der Waals surface area contributed by atoms with Gasteiger partial charge < -0.3 is 4.42 Å². The SMILES string of the molecule is CN(Cc1ccc(C=O)o1)CC(C)(C)C. The summed E-state index contributed by atoms with van der Waals surface area (Å²) >= 11 is 0. The third-order valence-electron chi connectivity index (χ3n) is 1.97.